The Morgan fingerprint density at radius 1 is 0.912 bits per heavy atom. The van der Waals surface area contributed by atoms with Gasteiger partial charge in [0.2, 0.25) is 10.0 Å². The lowest BCUT2D eigenvalue weighted by atomic mass is 10.0. The van der Waals surface area contributed by atoms with Crippen LogP contribution in [0.4, 0.5) is 17.1 Å². The first-order chi connectivity index (χ1) is 16.3. The molecule has 0 aliphatic heterocycles. The predicted octanol–water partition coefficient (Wildman–Crippen LogP) is 3.88. The summed E-state index contributed by atoms with van der Waals surface area (Å²) in [6, 6.07) is 15.9. The number of nitrogens with zero attached hydrogens (tertiary/aromatic N) is 1. The van der Waals surface area contributed by atoms with E-state index in [4.69, 9.17) is 14.5 Å². The highest BCUT2D eigenvalue weighted by molar-refractivity contribution is 7.92. The normalized spacial score (nSPS) is 11.3. The lowest BCUT2D eigenvalue weighted by Crippen LogP contribution is -2.18. The standard InChI is InChI=1S/C24H24N4O5S/c1-25-24(29)17-9-5-7-15-21(16-8-6-10-19(32-2)23(16)27-22(15)17)26-18-12-11-14(13-20(18)33-3)28-34(4,30)31/h5-13,28H,1-4H3,(H,25,29)(H,26,27). The Morgan fingerprint density at radius 3 is 2.24 bits per heavy atom. The number of methoxy groups -OCH3 is 2. The molecule has 1 heterocycles. The lowest BCUT2D eigenvalue weighted by Gasteiger charge is -2.18. The molecule has 0 radical (unpaired) electrons. The lowest BCUT2D eigenvalue weighted by molar-refractivity contribution is 0.0964. The first-order valence-corrected chi connectivity index (χ1v) is 12.2. The summed E-state index contributed by atoms with van der Waals surface area (Å²) in [6.07, 6.45) is 1.08. The molecule has 3 N–H and O–H groups in total. The summed E-state index contributed by atoms with van der Waals surface area (Å²) in [4.78, 5) is 17.3. The molecule has 34 heavy (non-hydrogen) atoms. The minimum atomic E-state index is -3.44. The van der Waals surface area contributed by atoms with Gasteiger partial charge in [0.25, 0.3) is 5.91 Å². The molecule has 4 rings (SSSR count). The van der Waals surface area contributed by atoms with Crippen molar-refractivity contribution in [2.45, 2.75) is 0 Å². The maximum absolute atomic E-state index is 12.6. The van der Waals surface area contributed by atoms with Crippen molar-refractivity contribution in [3.63, 3.8) is 0 Å². The van der Waals surface area contributed by atoms with Crippen LogP contribution in [0.25, 0.3) is 21.8 Å². The number of hydrogen-bond acceptors (Lipinski definition) is 7. The largest absolute Gasteiger partial charge is 0.494 e. The van der Waals surface area contributed by atoms with Gasteiger partial charge in [0.05, 0.1) is 48.6 Å². The molecule has 0 spiro atoms. The molecule has 0 bridgehead atoms. The SMILES string of the molecule is CNC(=O)c1cccc2c(Nc3ccc(NS(C)(=O)=O)cc3OC)c3cccc(OC)c3nc12. The van der Waals surface area contributed by atoms with Gasteiger partial charge in [0, 0.05) is 23.9 Å². The molecule has 0 atom stereocenters. The van der Waals surface area contributed by atoms with Crippen molar-refractivity contribution in [2.75, 3.05) is 37.6 Å². The van der Waals surface area contributed by atoms with Crippen LogP contribution >= 0.6 is 0 Å². The van der Waals surface area contributed by atoms with Gasteiger partial charge in [0.1, 0.15) is 17.0 Å². The second-order valence-electron chi connectivity index (χ2n) is 7.54. The number of carbonyl (C=O) groups is 1. The van der Waals surface area contributed by atoms with Gasteiger partial charge in [-0.25, -0.2) is 13.4 Å². The van der Waals surface area contributed by atoms with E-state index in [1.54, 1.807) is 50.6 Å². The van der Waals surface area contributed by atoms with Gasteiger partial charge in [-0.3, -0.25) is 9.52 Å². The average Bonchev–Trinajstić information content (AvgIpc) is 2.82. The van der Waals surface area contributed by atoms with E-state index in [-0.39, 0.29) is 5.91 Å². The summed E-state index contributed by atoms with van der Waals surface area (Å²) in [5.41, 5.74) is 3.20. The Hall–Kier alpha value is -4.05. The number of nitrogens with one attached hydrogen (secondary N) is 3. The molecule has 0 unspecified atom stereocenters. The van der Waals surface area contributed by atoms with Gasteiger partial charge in [-0.15, -0.1) is 0 Å². The fraction of sp³-hybridized carbons (Fsp3) is 0.167. The molecule has 10 heteroatoms. The third kappa shape index (κ3) is 4.40. The summed E-state index contributed by atoms with van der Waals surface area (Å²) < 4.78 is 36.7. The van der Waals surface area contributed by atoms with Crippen LogP contribution in [0.2, 0.25) is 0 Å². The van der Waals surface area contributed by atoms with Gasteiger partial charge >= 0.3 is 0 Å². The molecule has 0 saturated carbocycles. The van der Waals surface area contributed by atoms with Gasteiger partial charge in [-0.2, -0.15) is 0 Å². The van der Waals surface area contributed by atoms with Crippen LogP contribution in [-0.4, -0.2) is 46.8 Å². The highest BCUT2D eigenvalue weighted by atomic mass is 32.2. The number of fused-ring (bicyclic) bond motifs is 2. The number of hydrogen-bond donors (Lipinski definition) is 3. The monoisotopic (exact) mass is 480 g/mol. The average molecular weight is 481 g/mol. The second kappa shape index (κ2) is 9.06. The first kappa shape index (κ1) is 23.1. The highest BCUT2D eigenvalue weighted by Gasteiger charge is 2.18. The van der Waals surface area contributed by atoms with Crippen LogP contribution in [0, 0.1) is 0 Å². The van der Waals surface area contributed by atoms with Crippen molar-refractivity contribution < 1.29 is 22.7 Å². The van der Waals surface area contributed by atoms with E-state index in [0.29, 0.717) is 45.2 Å². The first-order valence-electron chi connectivity index (χ1n) is 10.3. The molecule has 0 fully saturated rings. The summed E-state index contributed by atoms with van der Waals surface area (Å²) in [6.45, 7) is 0. The smallest absolute Gasteiger partial charge is 0.253 e. The Bertz CT molecular complexity index is 1520. The molecule has 9 nitrogen and oxygen atoms in total. The van der Waals surface area contributed by atoms with Crippen LogP contribution in [-0.2, 0) is 10.0 Å². The maximum atomic E-state index is 12.6. The number of rotatable bonds is 7. The summed E-state index contributed by atoms with van der Waals surface area (Å²) in [7, 11) is 1.19. The van der Waals surface area contributed by atoms with E-state index in [9.17, 15) is 13.2 Å². The fourth-order valence-corrected chi connectivity index (χ4v) is 4.34. The summed E-state index contributed by atoms with van der Waals surface area (Å²) in [5, 5.41) is 7.56. The number of aromatic nitrogens is 1. The van der Waals surface area contributed by atoms with E-state index in [2.05, 4.69) is 15.4 Å². The van der Waals surface area contributed by atoms with Crippen molar-refractivity contribution in [1.29, 1.82) is 0 Å². The van der Waals surface area contributed by atoms with E-state index in [1.807, 2.05) is 18.2 Å². The number of amides is 1. The molecule has 0 saturated heterocycles. The third-order valence-electron chi connectivity index (χ3n) is 5.25. The Morgan fingerprint density at radius 2 is 1.59 bits per heavy atom. The van der Waals surface area contributed by atoms with Crippen molar-refractivity contribution in [3.8, 4) is 11.5 Å². The zero-order valence-electron chi connectivity index (χ0n) is 19.1. The number of benzene rings is 3. The topological polar surface area (TPSA) is 119 Å². The molecule has 4 aromatic rings. The van der Waals surface area contributed by atoms with Crippen LogP contribution in [0.5, 0.6) is 11.5 Å². The Kier molecular flexibility index (Phi) is 6.16. The molecular formula is C24H24N4O5S. The molecule has 0 aliphatic rings. The number of pyridine rings is 1. The van der Waals surface area contributed by atoms with Crippen LogP contribution in [0.1, 0.15) is 10.4 Å². The van der Waals surface area contributed by atoms with Crippen molar-refractivity contribution >= 4 is 54.8 Å². The fourth-order valence-electron chi connectivity index (χ4n) is 3.79. The van der Waals surface area contributed by atoms with Gasteiger partial charge < -0.3 is 20.1 Å². The van der Waals surface area contributed by atoms with Crippen LogP contribution in [0.15, 0.2) is 54.6 Å². The summed E-state index contributed by atoms with van der Waals surface area (Å²) in [5.74, 6) is 0.734. The van der Waals surface area contributed by atoms with E-state index in [0.717, 1.165) is 17.0 Å². The highest BCUT2D eigenvalue weighted by Crippen LogP contribution is 2.40. The number of para-hydroxylation sites is 2. The van der Waals surface area contributed by atoms with Crippen LogP contribution < -0.4 is 24.8 Å². The van der Waals surface area contributed by atoms with E-state index >= 15 is 0 Å². The van der Waals surface area contributed by atoms with E-state index in [1.165, 1.54) is 7.11 Å². The van der Waals surface area contributed by atoms with Crippen molar-refractivity contribution in [3.05, 3.63) is 60.2 Å². The number of sulfonamides is 1. The Labute approximate surface area is 197 Å². The van der Waals surface area contributed by atoms with Crippen LogP contribution in [0.3, 0.4) is 0 Å². The van der Waals surface area contributed by atoms with Gasteiger partial charge in [-0.05, 0) is 24.3 Å². The molecule has 1 amide bonds. The number of anilines is 3. The Balaban J connectivity index is 1.97. The third-order valence-corrected chi connectivity index (χ3v) is 5.86. The van der Waals surface area contributed by atoms with Gasteiger partial charge in [0.15, 0.2) is 0 Å². The minimum absolute atomic E-state index is 0.257. The van der Waals surface area contributed by atoms with Crippen molar-refractivity contribution in [2.24, 2.45) is 0 Å². The quantitative estimate of drug-likeness (QED) is 0.344. The molecular weight excluding hydrogens is 456 g/mol. The predicted molar refractivity (Wildman–Crippen MR) is 134 cm³/mol. The zero-order valence-corrected chi connectivity index (χ0v) is 19.9. The van der Waals surface area contributed by atoms with Crippen molar-refractivity contribution in [1.82, 2.24) is 10.3 Å². The molecule has 176 valence electrons. The zero-order chi connectivity index (χ0) is 24.5. The van der Waals surface area contributed by atoms with E-state index < -0.39 is 10.0 Å². The minimum Gasteiger partial charge on any atom is -0.494 e. The molecule has 0 aliphatic carbocycles. The summed E-state index contributed by atoms with van der Waals surface area (Å²) >= 11 is 0. The number of carbonyl (C=O) groups excluding carboxylic acids is 1. The maximum Gasteiger partial charge on any atom is 0.253 e. The number of ether oxygens (including phenoxy) is 2. The second-order valence-corrected chi connectivity index (χ2v) is 9.29. The molecule has 3 aromatic carbocycles. The van der Waals surface area contributed by atoms with Gasteiger partial charge in [-0.1, -0.05) is 24.3 Å². The molecule has 1 aromatic heterocycles.